The number of nitrogens with two attached hydrogens (primary N) is 1. The molecule has 0 bridgehead atoms. The van der Waals surface area contributed by atoms with Crippen molar-refractivity contribution in [1.82, 2.24) is 9.80 Å². The Morgan fingerprint density at radius 1 is 0.586 bits per heavy atom. The van der Waals surface area contributed by atoms with Gasteiger partial charge in [-0.05, 0) is 178 Å². The number of likely N-dealkylation sites (tertiary alicyclic amines) is 1. The van der Waals surface area contributed by atoms with E-state index in [0.29, 0.717) is 179 Å². The zero-order valence-electron chi connectivity index (χ0n) is 67.9. The van der Waals surface area contributed by atoms with Crippen LogP contribution in [-0.2, 0) is 103 Å². The normalized spacial score (nSPS) is 23.7. The van der Waals surface area contributed by atoms with Crippen LogP contribution in [0.25, 0.3) is 0 Å². The quantitative estimate of drug-likeness (QED) is 0.0279. The van der Waals surface area contributed by atoms with Crippen molar-refractivity contribution in [3.63, 3.8) is 0 Å². The highest BCUT2D eigenvalue weighted by atomic mass is 19.4. The zero-order chi connectivity index (χ0) is 80.2. The highest BCUT2D eigenvalue weighted by Crippen LogP contribution is 2.68. The number of amides is 3. The molecule has 2 N–H and O–H groups in total. The largest absolute Gasteiger partial charge is 0.462 e. The van der Waals surface area contributed by atoms with Crippen LogP contribution in [0.3, 0.4) is 0 Å². The highest BCUT2D eigenvalue weighted by molar-refractivity contribution is 6.36. The number of esters is 1. The maximum Gasteiger partial charge on any atom is 0.416 e. The Morgan fingerprint density at radius 2 is 1.11 bits per heavy atom. The number of alkyl halides is 3. The number of piperidine rings is 1. The first-order valence-corrected chi connectivity index (χ1v) is 41.2. The van der Waals surface area contributed by atoms with Gasteiger partial charge >= 0.3 is 12.1 Å². The van der Waals surface area contributed by atoms with E-state index in [9.17, 15) is 46.3 Å². The second-order valence-corrected chi connectivity index (χ2v) is 32.4. The average molecular weight is 1580 g/mol. The number of rotatable bonds is 56. The van der Waals surface area contributed by atoms with E-state index in [-0.39, 0.29) is 94.8 Å². The predicted molar refractivity (Wildman–Crippen MR) is 410 cm³/mol. The zero-order valence-corrected chi connectivity index (χ0v) is 67.9. The number of halogens is 4. The number of primary amides is 1. The Balaban J connectivity index is 0.570. The second-order valence-electron chi connectivity index (χ2n) is 32.4. The minimum absolute atomic E-state index is 0.0342. The number of aryl methyl sites for hydroxylation is 2. The summed E-state index contributed by atoms with van der Waals surface area (Å²) in [6.45, 7) is 24.7. The van der Waals surface area contributed by atoms with E-state index < -0.39 is 58.9 Å². The van der Waals surface area contributed by atoms with Gasteiger partial charge < -0.3 is 77.1 Å². The molecule has 0 aromatic heterocycles. The van der Waals surface area contributed by atoms with Gasteiger partial charge in [0.1, 0.15) is 17.7 Å². The summed E-state index contributed by atoms with van der Waals surface area (Å²) >= 11 is 0. The number of ether oxygens (including phenoxy) is 13. The fraction of sp³-hybridized carbons (Fsp3) is 0.788. The van der Waals surface area contributed by atoms with Crippen LogP contribution in [0.15, 0.2) is 36.4 Å². The standard InChI is InChI=1S/C85H133F4N3O19/c1-60(2)11-9-12-62(4)75-18-19-76-73-16-14-66-57-70(20-24-83(66,6)77(73)21-25-84(75,76)7)111-79(95)56-65(80(90)96)55-69(93)23-28-100-30-32-102-34-36-104-38-40-106-42-44-108-46-48-110-50-49-109-47-45-107-43-41-105-39-37-103-35-33-101-31-29-99-27-10-13-78(94)82(98)92-26-22-72(74(59-92)71-17-15-68(86)53-63(71)5)81(97)91(8)58-64-51-61(3)52-67(54-64)85(87,88)89/h15,17,51-54,60,62,65-66,70,72-77H,9-14,16,18-50,55-59H2,1-8H3,(H2,90,96)/t62-,65+,66+,70+,72+,73+,74-,75-,76+,77+,83+,84-/m1/s1. The third kappa shape index (κ3) is 31.1. The summed E-state index contributed by atoms with van der Waals surface area (Å²) in [6.07, 6.45) is 10.3. The number of hydrogen-bond acceptors (Lipinski definition) is 19. The number of Topliss-reactive ketones (excluding diaryl/α,β-unsaturated/α-hetero) is 2. The molecule has 111 heavy (non-hydrogen) atoms. The molecule has 0 radical (unpaired) electrons. The molecule has 1 saturated heterocycles. The summed E-state index contributed by atoms with van der Waals surface area (Å²) in [4.78, 5) is 81.8. The molecular formula is C85H133F4N3O19. The fourth-order valence-corrected chi connectivity index (χ4v) is 18.3. The number of nitrogens with zero attached hydrogens (tertiary/aromatic N) is 2. The van der Waals surface area contributed by atoms with E-state index in [0.717, 1.165) is 66.9 Å². The van der Waals surface area contributed by atoms with Crippen molar-refractivity contribution in [2.45, 2.75) is 189 Å². The van der Waals surface area contributed by atoms with Crippen molar-refractivity contribution in [2.24, 2.45) is 69.8 Å². The van der Waals surface area contributed by atoms with Crippen LogP contribution in [0.5, 0.6) is 0 Å². The number of carbonyl (C=O) groups excluding carboxylic acids is 6. The van der Waals surface area contributed by atoms with E-state index in [1.54, 1.807) is 26.0 Å². The summed E-state index contributed by atoms with van der Waals surface area (Å²) in [5, 5.41) is 0. The molecule has 5 aliphatic rings. The van der Waals surface area contributed by atoms with Crippen molar-refractivity contribution in [3.05, 3.63) is 70.0 Å². The topological polar surface area (TPSA) is 255 Å². The molecule has 630 valence electrons. The maximum absolute atomic E-state index is 14.2. The van der Waals surface area contributed by atoms with Crippen LogP contribution < -0.4 is 5.73 Å². The molecule has 5 fully saturated rings. The monoisotopic (exact) mass is 1580 g/mol. The minimum atomic E-state index is -4.54. The molecule has 12 atom stereocenters. The molecule has 0 spiro atoms. The third-order valence-corrected chi connectivity index (χ3v) is 24.1. The summed E-state index contributed by atoms with van der Waals surface area (Å²) in [5.41, 5.74) is 7.60. The Bertz CT molecular complexity index is 3110. The van der Waals surface area contributed by atoms with Gasteiger partial charge in [-0.2, -0.15) is 13.2 Å². The van der Waals surface area contributed by atoms with Crippen LogP contribution in [0, 0.1) is 83.8 Å². The summed E-state index contributed by atoms with van der Waals surface area (Å²) in [6, 6.07) is 7.88. The SMILES string of the molecule is Cc1cc(CN(C)C(=O)[C@H]2CCN(C(=O)C(=O)CCCOCCOCCOCCOCCOCCOCCOCCOCCOCCOCCOCCOCCC(=O)C[C@@H](CC(=O)O[C@H]3CC[C@@]4(C)[C@@H](CC[C@@H]5[C@@H]4CC[C@]4(C)[C@@H]([C@H](C)CCCC(C)C)CC[C@@H]54)C3)C(N)=O)C[C@@H]2c2ccc(F)cc2C)cc(C(F)(F)F)c1. The predicted octanol–water partition coefficient (Wildman–Crippen LogP) is 12.5. The van der Waals surface area contributed by atoms with Crippen molar-refractivity contribution in [2.75, 3.05) is 179 Å². The summed E-state index contributed by atoms with van der Waals surface area (Å²) < 4.78 is 128. The number of carbonyl (C=O) groups is 6. The second kappa shape index (κ2) is 49.1. The number of fused-ring (bicyclic) bond motifs is 5. The lowest BCUT2D eigenvalue weighted by Crippen LogP contribution is -2.54. The Hall–Kier alpha value is -5.10. The molecule has 22 nitrogen and oxygen atoms in total. The molecule has 26 heteroatoms. The van der Waals surface area contributed by atoms with E-state index in [1.807, 2.05) is 0 Å². The van der Waals surface area contributed by atoms with Crippen molar-refractivity contribution >= 4 is 35.3 Å². The lowest BCUT2D eigenvalue weighted by molar-refractivity contribution is -0.164. The molecule has 7 rings (SSSR count). The molecule has 4 aliphatic carbocycles. The Kier molecular flexibility index (Phi) is 41.1. The van der Waals surface area contributed by atoms with E-state index in [1.165, 1.54) is 86.8 Å². The summed E-state index contributed by atoms with van der Waals surface area (Å²) in [7, 11) is 1.52. The van der Waals surface area contributed by atoms with Gasteiger partial charge in [0, 0.05) is 64.4 Å². The van der Waals surface area contributed by atoms with Gasteiger partial charge in [0.05, 0.1) is 170 Å². The van der Waals surface area contributed by atoms with Gasteiger partial charge in [0.2, 0.25) is 17.6 Å². The van der Waals surface area contributed by atoms with Gasteiger partial charge in [-0.1, -0.05) is 71.6 Å². The fourth-order valence-electron chi connectivity index (χ4n) is 18.3. The van der Waals surface area contributed by atoms with Crippen LogP contribution >= 0.6 is 0 Å². The third-order valence-electron chi connectivity index (χ3n) is 24.1. The van der Waals surface area contributed by atoms with Crippen LogP contribution in [0.2, 0.25) is 0 Å². The minimum Gasteiger partial charge on any atom is -0.462 e. The number of benzene rings is 2. The molecule has 3 amide bonds. The lowest BCUT2D eigenvalue weighted by Gasteiger charge is -2.61. The lowest BCUT2D eigenvalue weighted by atomic mass is 9.44. The van der Waals surface area contributed by atoms with E-state index in [2.05, 4.69) is 34.6 Å². The van der Waals surface area contributed by atoms with E-state index in [4.69, 9.17) is 67.3 Å². The first-order chi connectivity index (χ1) is 53.3. The molecule has 4 saturated carbocycles. The molecule has 2 aromatic carbocycles. The first kappa shape index (κ1) is 93.1. The molecule has 1 heterocycles. The van der Waals surface area contributed by atoms with Gasteiger partial charge in [-0.15, -0.1) is 0 Å². The number of ketones is 2. The van der Waals surface area contributed by atoms with Crippen LogP contribution in [0.4, 0.5) is 17.6 Å². The van der Waals surface area contributed by atoms with Gasteiger partial charge in [0.25, 0.3) is 5.91 Å². The summed E-state index contributed by atoms with van der Waals surface area (Å²) in [5.74, 6) is -0.208. The number of hydrogen-bond donors (Lipinski definition) is 1. The van der Waals surface area contributed by atoms with Crippen molar-refractivity contribution in [3.8, 4) is 0 Å². The first-order valence-electron chi connectivity index (χ1n) is 41.2. The van der Waals surface area contributed by atoms with E-state index >= 15 is 0 Å². The molecule has 0 unspecified atom stereocenters. The van der Waals surface area contributed by atoms with Crippen LogP contribution in [-0.4, -0.2) is 230 Å². The Morgan fingerprint density at radius 3 is 1.63 bits per heavy atom. The molecule has 2 aromatic rings. The van der Waals surface area contributed by atoms with Crippen molar-refractivity contribution in [1.29, 1.82) is 0 Å². The van der Waals surface area contributed by atoms with Crippen LogP contribution in [0.1, 0.15) is 184 Å². The maximum atomic E-state index is 14.2. The molecular weight excluding hydrogens is 1440 g/mol. The highest BCUT2D eigenvalue weighted by Gasteiger charge is 2.61. The van der Waals surface area contributed by atoms with Gasteiger partial charge in [-0.25, -0.2) is 4.39 Å². The smallest absolute Gasteiger partial charge is 0.416 e. The Labute approximate surface area is 657 Å². The van der Waals surface area contributed by atoms with Gasteiger partial charge in [-0.3, -0.25) is 28.8 Å². The average Bonchev–Trinajstić information content (AvgIpc) is 1.68. The van der Waals surface area contributed by atoms with Crippen molar-refractivity contribution < 1.29 is 108 Å². The molecule has 1 aliphatic heterocycles. The van der Waals surface area contributed by atoms with Gasteiger partial charge in [0.15, 0.2) is 0 Å².